The summed E-state index contributed by atoms with van der Waals surface area (Å²) in [4.78, 5) is 22.7. The molecule has 3 rings (SSSR count). The Morgan fingerprint density at radius 1 is 1.27 bits per heavy atom. The molecule has 0 spiro atoms. The van der Waals surface area contributed by atoms with E-state index in [1.54, 1.807) is 17.4 Å². The highest BCUT2D eigenvalue weighted by molar-refractivity contribution is 7.08. The summed E-state index contributed by atoms with van der Waals surface area (Å²) in [6, 6.07) is 2.00. The van der Waals surface area contributed by atoms with Crippen LogP contribution in [-0.2, 0) is 20.7 Å². The van der Waals surface area contributed by atoms with Crippen molar-refractivity contribution in [1.82, 2.24) is 0 Å². The van der Waals surface area contributed by atoms with Crippen molar-refractivity contribution in [2.24, 2.45) is 11.8 Å². The number of fused-ring (bicyclic) bond motifs is 2. The third kappa shape index (κ3) is 5.15. The summed E-state index contributed by atoms with van der Waals surface area (Å²) in [6.45, 7) is 0. The number of allylic oxidation sites excluding steroid dienone is 3. The molecule has 140 valence electrons. The molecular weight excluding hydrogens is 348 g/mol. The number of carboxylic acid groups (broad SMARTS) is 1. The molecule has 0 unspecified atom stereocenters. The molecule has 1 aromatic rings. The Hall–Kier alpha value is -1.72. The third-order valence-electron chi connectivity index (χ3n) is 5.29. The van der Waals surface area contributed by atoms with Gasteiger partial charge in [-0.25, -0.2) is 0 Å². The molecule has 0 aromatic carbocycles. The Morgan fingerprint density at radius 3 is 2.88 bits per heavy atom. The van der Waals surface area contributed by atoms with Crippen LogP contribution < -0.4 is 0 Å². The second-order valence-corrected chi connectivity index (χ2v) is 7.94. The van der Waals surface area contributed by atoms with E-state index in [0.29, 0.717) is 30.8 Å². The van der Waals surface area contributed by atoms with Gasteiger partial charge in [0.2, 0.25) is 0 Å². The molecule has 0 amide bonds. The van der Waals surface area contributed by atoms with E-state index in [9.17, 15) is 9.59 Å². The predicted molar refractivity (Wildman–Crippen MR) is 102 cm³/mol. The number of carboxylic acids is 1. The van der Waals surface area contributed by atoms with Gasteiger partial charge < -0.3 is 9.84 Å². The first-order chi connectivity index (χ1) is 12.6. The van der Waals surface area contributed by atoms with Crippen LogP contribution in [0.4, 0.5) is 0 Å². The van der Waals surface area contributed by atoms with Crippen LogP contribution in [0.2, 0.25) is 0 Å². The number of ketones is 1. The number of carbonyl (C=O) groups excluding carboxylic acids is 1. The molecule has 3 heterocycles. The number of rotatable bonds is 10. The van der Waals surface area contributed by atoms with Gasteiger partial charge in [0.05, 0.1) is 12.2 Å². The van der Waals surface area contributed by atoms with Crippen LogP contribution in [0, 0.1) is 11.8 Å². The number of hydrogen-bond donors (Lipinski definition) is 1. The zero-order valence-electron chi connectivity index (χ0n) is 14.9. The minimum Gasteiger partial charge on any atom is -0.481 e. The number of hydrogen-bond acceptors (Lipinski definition) is 4. The van der Waals surface area contributed by atoms with Crippen molar-refractivity contribution in [2.45, 2.75) is 57.2 Å². The van der Waals surface area contributed by atoms with Crippen molar-refractivity contribution < 1.29 is 19.4 Å². The molecule has 4 nitrogen and oxygen atoms in total. The normalized spacial score (nSPS) is 27.7. The number of ether oxygens (including phenoxy) is 1. The zero-order valence-corrected chi connectivity index (χ0v) is 15.7. The topological polar surface area (TPSA) is 63.6 Å². The first-order valence-corrected chi connectivity index (χ1v) is 10.3. The van der Waals surface area contributed by atoms with Gasteiger partial charge in [0, 0.05) is 18.8 Å². The van der Waals surface area contributed by atoms with E-state index in [1.807, 2.05) is 16.8 Å². The highest BCUT2D eigenvalue weighted by Gasteiger charge is 2.46. The minimum absolute atomic E-state index is 0.147. The smallest absolute Gasteiger partial charge is 0.303 e. The summed E-state index contributed by atoms with van der Waals surface area (Å²) in [5.41, 5.74) is 1.08. The molecule has 2 saturated heterocycles. The van der Waals surface area contributed by atoms with Crippen molar-refractivity contribution in [3.05, 3.63) is 46.7 Å². The number of unbranched alkanes of at least 4 members (excludes halogenated alkanes) is 1. The lowest BCUT2D eigenvalue weighted by atomic mass is 9.77. The fourth-order valence-electron chi connectivity index (χ4n) is 4.00. The number of aliphatic carboxylic acids is 1. The van der Waals surface area contributed by atoms with Gasteiger partial charge in [-0.1, -0.05) is 18.2 Å². The molecule has 1 N–H and O–H groups in total. The van der Waals surface area contributed by atoms with E-state index in [4.69, 9.17) is 9.84 Å². The minimum atomic E-state index is -0.739. The van der Waals surface area contributed by atoms with Crippen molar-refractivity contribution >= 4 is 23.1 Å². The highest BCUT2D eigenvalue weighted by atomic mass is 32.1. The van der Waals surface area contributed by atoms with Crippen LogP contribution >= 0.6 is 11.3 Å². The average molecular weight is 375 g/mol. The van der Waals surface area contributed by atoms with Crippen molar-refractivity contribution in [3.63, 3.8) is 0 Å². The zero-order chi connectivity index (χ0) is 18.4. The number of carbonyl (C=O) groups is 2. The Labute approximate surface area is 158 Å². The fraction of sp³-hybridized carbons (Fsp3) is 0.524. The van der Waals surface area contributed by atoms with Gasteiger partial charge in [-0.15, -0.1) is 0 Å². The molecule has 2 fully saturated rings. The maximum absolute atomic E-state index is 12.2. The Morgan fingerprint density at radius 2 is 2.12 bits per heavy atom. The lowest BCUT2D eigenvalue weighted by molar-refractivity contribution is -0.137. The van der Waals surface area contributed by atoms with Crippen LogP contribution in [0.15, 0.2) is 41.1 Å². The van der Waals surface area contributed by atoms with Crippen LogP contribution in [0.5, 0.6) is 0 Å². The van der Waals surface area contributed by atoms with Gasteiger partial charge in [0.15, 0.2) is 5.78 Å². The quantitative estimate of drug-likeness (QED) is 0.374. The summed E-state index contributed by atoms with van der Waals surface area (Å²) in [5, 5.41) is 12.7. The SMILES string of the molecule is O=C(O)CCCC=CC[C@H]1[C@H](C=CC(=O)Cc2ccsc2)[C@@H]2CC[C@H]1O2. The predicted octanol–water partition coefficient (Wildman–Crippen LogP) is 4.41. The number of thiophene rings is 1. The van der Waals surface area contributed by atoms with Crippen LogP contribution in [-0.4, -0.2) is 29.1 Å². The molecule has 0 aliphatic carbocycles. The van der Waals surface area contributed by atoms with Gasteiger partial charge >= 0.3 is 5.97 Å². The molecule has 5 heteroatoms. The van der Waals surface area contributed by atoms with Gasteiger partial charge in [-0.2, -0.15) is 11.3 Å². The monoisotopic (exact) mass is 374 g/mol. The Balaban J connectivity index is 1.50. The standard InChI is InChI=1S/C21H26O4S/c22-16(13-15-11-12-26-14-15)7-8-18-17(19-9-10-20(18)25-19)5-3-1-2-4-6-21(23)24/h1,3,7-8,11-12,14,17-20H,2,4-6,9-10,13H2,(H,23,24)/t17-,18-,19+,20-/m0/s1. The van der Waals surface area contributed by atoms with E-state index < -0.39 is 5.97 Å². The van der Waals surface area contributed by atoms with E-state index in [1.165, 1.54) is 0 Å². The largest absolute Gasteiger partial charge is 0.481 e. The molecule has 2 aliphatic heterocycles. The Kier molecular flexibility index (Phi) is 6.80. The summed E-state index contributed by atoms with van der Waals surface area (Å²) in [6.07, 6.45) is 13.9. The summed E-state index contributed by atoms with van der Waals surface area (Å²) < 4.78 is 6.07. The summed E-state index contributed by atoms with van der Waals surface area (Å²) in [7, 11) is 0. The van der Waals surface area contributed by atoms with Gasteiger partial charge in [0.1, 0.15) is 0 Å². The second kappa shape index (κ2) is 9.28. The lowest BCUT2D eigenvalue weighted by Crippen LogP contribution is -2.25. The summed E-state index contributed by atoms with van der Waals surface area (Å²) in [5.74, 6) is 0.143. The van der Waals surface area contributed by atoms with Crippen molar-refractivity contribution in [3.8, 4) is 0 Å². The fourth-order valence-corrected chi connectivity index (χ4v) is 4.67. The molecule has 1 aromatic heterocycles. The van der Waals surface area contributed by atoms with E-state index >= 15 is 0 Å². The highest BCUT2D eigenvalue weighted by Crippen LogP contribution is 2.45. The van der Waals surface area contributed by atoms with Crippen LogP contribution in [0.3, 0.4) is 0 Å². The van der Waals surface area contributed by atoms with Crippen LogP contribution in [0.25, 0.3) is 0 Å². The Bertz CT molecular complexity index is 662. The van der Waals surface area contributed by atoms with Gasteiger partial charge in [0.25, 0.3) is 0 Å². The molecular formula is C21H26O4S. The third-order valence-corrected chi connectivity index (χ3v) is 6.02. The van der Waals surface area contributed by atoms with E-state index in [2.05, 4.69) is 18.2 Å². The molecule has 2 aliphatic rings. The molecule has 2 bridgehead atoms. The first-order valence-electron chi connectivity index (χ1n) is 9.38. The maximum Gasteiger partial charge on any atom is 0.303 e. The molecule has 0 saturated carbocycles. The van der Waals surface area contributed by atoms with E-state index in [0.717, 1.165) is 31.2 Å². The molecule has 26 heavy (non-hydrogen) atoms. The van der Waals surface area contributed by atoms with Crippen molar-refractivity contribution in [1.29, 1.82) is 0 Å². The van der Waals surface area contributed by atoms with Gasteiger partial charge in [-0.05, 0) is 66.5 Å². The molecule has 4 atom stereocenters. The molecule has 0 radical (unpaired) electrons. The maximum atomic E-state index is 12.2. The lowest BCUT2D eigenvalue weighted by Gasteiger charge is -2.24. The average Bonchev–Trinajstić information content (AvgIpc) is 3.33. The first kappa shape index (κ1) is 19.1. The summed E-state index contributed by atoms with van der Waals surface area (Å²) >= 11 is 1.61. The van der Waals surface area contributed by atoms with Crippen molar-refractivity contribution in [2.75, 3.05) is 0 Å². The second-order valence-electron chi connectivity index (χ2n) is 7.16. The van der Waals surface area contributed by atoms with E-state index in [-0.39, 0.29) is 18.3 Å². The van der Waals surface area contributed by atoms with Crippen LogP contribution in [0.1, 0.15) is 44.1 Å². The van der Waals surface area contributed by atoms with Gasteiger partial charge in [-0.3, -0.25) is 9.59 Å².